The molecule has 0 spiro atoms. The van der Waals surface area contributed by atoms with E-state index in [0.717, 1.165) is 22.9 Å². The largest absolute Gasteiger partial charge is 0.480 e. The number of hydrogen-bond acceptors (Lipinski definition) is 4. The number of fused-ring (bicyclic) bond motifs is 1. The lowest BCUT2D eigenvalue weighted by molar-refractivity contribution is -0.142. The van der Waals surface area contributed by atoms with Gasteiger partial charge in [0.25, 0.3) is 0 Å². The Morgan fingerprint density at radius 3 is 2.71 bits per heavy atom. The summed E-state index contributed by atoms with van der Waals surface area (Å²) in [6, 6.07) is 6.01. The fraction of sp³-hybridized carbons (Fsp3) is 0.412. The minimum atomic E-state index is -1.06. The molecule has 2 aromatic rings. The molecular formula is C17H24N4O3. The van der Waals surface area contributed by atoms with E-state index in [1.54, 1.807) is 0 Å². The second-order valence-corrected chi connectivity index (χ2v) is 5.85. The van der Waals surface area contributed by atoms with E-state index in [-0.39, 0.29) is 0 Å². The highest BCUT2D eigenvalue weighted by molar-refractivity contribution is 5.88. The van der Waals surface area contributed by atoms with E-state index < -0.39 is 24.0 Å². The Hall–Kier alpha value is -2.38. The third-order valence-corrected chi connectivity index (χ3v) is 4.01. The SMILES string of the molecule is NCCCC[C@@H](NC(=O)[C@@H](N)Cc1c[nH]c2ccccc12)C(=O)O. The number of carboxylic acid groups (broad SMARTS) is 1. The quantitative estimate of drug-likeness (QED) is 0.432. The topological polar surface area (TPSA) is 134 Å². The van der Waals surface area contributed by atoms with E-state index in [2.05, 4.69) is 10.3 Å². The van der Waals surface area contributed by atoms with Crippen molar-refractivity contribution in [2.24, 2.45) is 11.5 Å². The minimum absolute atomic E-state index is 0.338. The Bertz CT molecular complexity index is 698. The third-order valence-electron chi connectivity index (χ3n) is 4.01. The summed E-state index contributed by atoms with van der Waals surface area (Å²) in [7, 11) is 0. The normalized spacial score (nSPS) is 13.6. The zero-order valence-corrected chi connectivity index (χ0v) is 13.5. The van der Waals surface area contributed by atoms with Gasteiger partial charge in [-0.1, -0.05) is 18.2 Å². The van der Waals surface area contributed by atoms with Gasteiger partial charge >= 0.3 is 5.97 Å². The molecule has 1 aromatic carbocycles. The molecule has 130 valence electrons. The maximum absolute atomic E-state index is 12.2. The summed E-state index contributed by atoms with van der Waals surface area (Å²) in [5, 5.41) is 12.7. The van der Waals surface area contributed by atoms with Gasteiger partial charge in [-0.25, -0.2) is 4.79 Å². The number of para-hydroxylation sites is 1. The molecule has 7 nitrogen and oxygen atoms in total. The number of amides is 1. The highest BCUT2D eigenvalue weighted by atomic mass is 16.4. The molecule has 0 aliphatic carbocycles. The summed E-state index contributed by atoms with van der Waals surface area (Å²) in [6.07, 6.45) is 3.88. The Balaban J connectivity index is 1.96. The molecule has 0 saturated heterocycles. The van der Waals surface area contributed by atoms with Crippen LogP contribution in [0.15, 0.2) is 30.5 Å². The van der Waals surface area contributed by atoms with Gasteiger partial charge in [-0.3, -0.25) is 4.79 Å². The van der Waals surface area contributed by atoms with Gasteiger partial charge in [0.2, 0.25) is 5.91 Å². The molecule has 1 aromatic heterocycles. The van der Waals surface area contributed by atoms with Crippen molar-refractivity contribution in [2.45, 2.75) is 37.8 Å². The number of aromatic nitrogens is 1. The van der Waals surface area contributed by atoms with Gasteiger partial charge in [-0.15, -0.1) is 0 Å². The van der Waals surface area contributed by atoms with E-state index in [0.29, 0.717) is 25.8 Å². The third kappa shape index (κ3) is 4.56. The van der Waals surface area contributed by atoms with E-state index >= 15 is 0 Å². The lowest BCUT2D eigenvalue weighted by atomic mass is 10.0. The molecule has 0 saturated carbocycles. The number of aliphatic carboxylic acids is 1. The van der Waals surface area contributed by atoms with Crippen molar-refractivity contribution >= 4 is 22.8 Å². The highest BCUT2D eigenvalue weighted by Crippen LogP contribution is 2.18. The van der Waals surface area contributed by atoms with Gasteiger partial charge in [0.15, 0.2) is 0 Å². The highest BCUT2D eigenvalue weighted by Gasteiger charge is 2.23. The molecule has 0 fully saturated rings. The maximum atomic E-state index is 12.2. The Morgan fingerprint density at radius 2 is 2.00 bits per heavy atom. The molecule has 1 amide bonds. The predicted octanol–water partition coefficient (Wildman–Crippen LogP) is 0.736. The number of nitrogens with one attached hydrogen (secondary N) is 2. The van der Waals surface area contributed by atoms with Crippen LogP contribution in [0.1, 0.15) is 24.8 Å². The molecule has 1 heterocycles. The molecule has 7 N–H and O–H groups in total. The van der Waals surface area contributed by atoms with Crippen LogP contribution in [0.4, 0.5) is 0 Å². The Labute approximate surface area is 140 Å². The number of aromatic amines is 1. The molecule has 0 radical (unpaired) electrons. The van der Waals surface area contributed by atoms with Crippen LogP contribution in [0.25, 0.3) is 10.9 Å². The van der Waals surface area contributed by atoms with Crippen molar-refractivity contribution in [2.75, 3.05) is 6.54 Å². The monoisotopic (exact) mass is 332 g/mol. The van der Waals surface area contributed by atoms with Gasteiger partial charge < -0.3 is 26.9 Å². The second kappa shape index (κ2) is 8.47. The number of benzene rings is 1. The summed E-state index contributed by atoms with van der Waals surface area (Å²) < 4.78 is 0. The first kappa shape index (κ1) is 18.0. The molecular weight excluding hydrogens is 308 g/mol. The van der Waals surface area contributed by atoms with Gasteiger partial charge in [0, 0.05) is 17.1 Å². The van der Waals surface area contributed by atoms with Crippen molar-refractivity contribution in [3.05, 3.63) is 36.0 Å². The number of carbonyl (C=O) groups excluding carboxylic acids is 1. The molecule has 0 aliphatic rings. The van der Waals surface area contributed by atoms with Gasteiger partial charge in [-0.05, 0) is 43.9 Å². The zero-order chi connectivity index (χ0) is 17.5. The molecule has 2 atom stereocenters. The van der Waals surface area contributed by atoms with Gasteiger partial charge in [0.05, 0.1) is 6.04 Å². The average molecular weight is 332 g/mol. The Kier molecular flexibility index (Phi) is 6.34. The lowest BCUT2D eigenvalue weighted by Gasteiger charge is -2.17. The molecule has 0 unspecified atom stereocenters. The molecule has 2 rings (SSSR count). The maximum Gasteiger partial charge on any atom is 0.326 e. The first-order valence-corrected chi connectivity index (χ1v) is 8.06. The smallest absolute Gasteiger partial charge is 0.326 e. The van der Waals surface area contributed by atoms with Crippen LogP contribution in [0.2, 0.25) is 0 Å². The van der Waals surface area contributed by atoms with Crippen molar-refractivity contribution < 1.29 is 14.7 Å². The van der Waals surface area contributed by atoms with Crippen molar-refractivity contribution in [1.29, 1.82) is 0 Å². The van der Waals surface area contributed by atoms with E-state index in [1.807, 2.05) is 30.5 Å². The van der Waals surface area contributed by atoms with Crippen LogP contribution < -0.4 is 16.8 Å². The van der Waals surface area contributed by atoms with E-state index in [1.165, 1.54) is 0 Å². The number of carbonyl (C=O) groups is 2. The average Bonchev–Trinajstić information content (AvgIpc) is 2.97. The number of unbranched alkanes of at least 4 members (excludes halogenated alkanes) is 1. The molecule has 0 bridgehead atoms. The number of rotatable bonds is 9. The molecule has 0 aliphatic heterocycles. The zero-order valence-electron chi connectivity index (χ0n) is 13.5. The van der Waals surface area contributed by atoms with Crippen LogP contribution in [0.3, 0.4) is 0 Å². The van der Waals surface area contributed by atoms with Gasteiger partial charge in [-0.2, -0.15) is 0 Å². The number of nitrogens with two attached hydrogens (primary N) is 2. The van der Waals surface area contributed by atoms with Crippen molar-refractivity contribution in [1.82, 2.24) is 10.3 Å². The number of H-pyrrole nitrogens is 1. The summed E-state index contributed by atoms with van der Waals surface area (Å²) in [5.74, 6) is -1.51. The summed E-state index contributed by atoms with van der Waals surface area (Å²) in [5.41, 5.74) is 13.3. The second-order valence-electron chi connectivity index (χ2n) is 5.85. The fourth-order valence-electron chi connectivity index (χ4n) is 2.66. The Morgan fingerprint density at radius 1 is 1.25 bits per heavy atom. The molecule has 7 heteroatoms. The van der Waals surface area contributed by atoms with Crippen LogP contribution in [0.5, 0.6) is 0 Å². The number of hydrogen-bond donors (Lipinski definition) is 5. The van der Waals surface area contributed by atoms with Crippen LogP contribution in [-0.4, -0.2) is 40.6 Å². The summed E-state index contributed by atoms with van der Waals surface area (Å²) in [4.78, 5) is 26.6. The molecule has 24 heavy (non-hydrogen) atoms. The summed E-state index contributed by atoms with van der Waals surface area (Å²) in [6.45, 7) is 0.500. The van der Waals surface area contributed by atoms with Gasteiger partial charge in [0.1, 0.15) is 6.04 Å². The standard InChI is InChI=1S/C17H24N4O3/c18-8-4-3-7-15(17(23)24)21-16(22)13(19)9-11-10-20-14-6-2-1-5-12(11)14/h1-2,5-6,10,13,15,20H,3-4,7-9,18-19H2,(H,21,22)(H,23,24)/t13-,15+/m0/s1. The van der Waals surface area contributed by atoms with Crippen LogP contribution in [-0.2, 0) is 16.0 Å². The fourth-order valence-corrected chi connectivity index (χ4v) is 2.66. The number of carboxylic acids is 1. The lowest BCUT2D eigenvalue weighted by Crippen LogP contribution is -2.49. The van der Waals surface area contributed by atoms with E-state index in [9.17, 15) is 14.7 Å². The van der Waals surface area contributed by atoms with Crippen molar-refractivity contribution in [3.8, 4) is 0 Å². The first-order chi connectivity index (χ1) is 11.5. The minimum Gasteiger partial charge on any atom is -0.480 e. The van der Waals surface area contributed by atoms with Crippen LogP contribution in [0, 0.1) is 0 Å². The first-order valence-electron chi connectivity index (χ1n) is 8.06. The van der Waals surface area contributed by atoms with E-state index in [4.69, 9.17) is 11.5 Å². The predicted molar refractivity (Wildman–Crippen MR) is 92.5 cm³/mol. The van der Waals surface area contributed by atoms with Crippen LogP contribution >= 0.6 is 0 Å². The summed E-state index contributed by atoms with van der Waals surface area (Å²) >= 11 is 0. The van der Waals surface area contributed by atoms with Crippen molar-refractivity contribution in [3.63, 3.8) is 0 Å².